The van der Waals surface area contributed by atoms with Crippen LogP contribution in [0.25, 0.3) is 16.6 Å². The van der Waals surface area contributed by atoms with Crippen molar-refractivity contribution in [2.24, 2.45) is 0 Å². The van der Waals surface area contributed by atoms with Crippen molar-refractivity contribution in [1.29, 1.82) is 0 Å². The average Bonchev–Trinajstić information content (AvgIpc) is 3.02. The van der Waals surface area contributed by atoms with Crippen molar-refractivity contribution < 1.29 is 14.3 Å². The molecule has 1 aromatic carbocycles. The first-order chi connectivity index (χ1) is 13.7. The van der Waals surface area contributed by atoms with E-state index in [-0.39, 0.29) is 6.54 Å². The Kier molecular flexibility index (Phi) is 7.11. The third kappa shape index (κ3) is 5.89. The fourth-order valence-electron chi connectivity index (χ4n) is 2.79. The molecule has 154 valence electrons. The van der Waals surface area contributed by atoms with Crippen molar-refractivity contribution in [1.82, 2.24) is 14.9 Å². The van der Waals surface area contributed by atoms with E-state index in [4.69, 9.17) is 15.9 Å². The van der Waals surface area contributed by atoms with E-state index in [1.54, 1.807) is 7.11 Å². The Labute approximate surface area is 172 Å². The summed E-state index contributed by atoms with van der Waals surface area (Å²) in [5.41, 5.74) is 2.93. The standard InChI is InChI=1S/C23H29N3O3/c1-8-17(11-10-16(3)28-7)18-12-13-19-20(14-18)26(9-2)21(25-19)15-24-22(27)29-23(4,5)6/h1,10-14H,9,15H2,2-7H3,(H,24,27)/b16-10+,17-11+. The van der Waals surface area contributed by atoms with Crippen LogP contribution in [0.2, 0.25) is 0 Å². The molecule has 1 N–H and O–H groups in total. The summed E-state index contributed by atoms with van der Waals surface area (Å²) in [5.74, 6) is 4.25. The second kappa shape index (κ2) is 9.33. The number of terminal acetylenes is 1. The van der Waals surface area contributed by atoms with Gasteiger partial charge < -0.3 is 19.4 Å². The molecule has 0 spiro atoms. The fraction of sp³-hybridized carbons (Fsp3) is 0.391. The molecule has 6 heteroatoms. The van der Waals surface area contributed by atoms with Crippen molar-refractivity contribution >= 4 is 22.7 Å². The number of rotatable bonds is 6. The third-order valence-electron chi connectivity index (χ3n) is 4.21. The van der Waals surface area contributed by atoms with E-state index < -0.39 is 11.7 Å². The molecule has 0 aliphatic rings. The van der Waals surface area contributed by atoms with Crippen molar-refractivity contribution in [3.05, 3.63) is 47.5 Å². The van der Waals surface area contributed by atoms with Crippen LogP contribution in [0.15, 0.2) is 36.1 Å². The number of aromatic nitrogens is 2. The van der Waals surface area contributed by atoms with E-state index >= 15 is 0 Å². The molecular formula is C23H29N3O3. The predicted molar refractivity (Wildman–Crippen MR) is 116 cm³/mol. The molecule has 0 bridgehead atoms. The van der Waals surface area contributed by atoms with Crippen LogP contribution in [0, 0.1) is 12.3 Å². The molecule has 1 amide bonds. The number of aryl methyl sites for hydroxylation is 1. The van der Waals surface area contributed by atoms with Crippen molar-refractivity contribution in [3.63, 3.8) is 0 Å². The molecule has 0 aliphatic heterocycles. The van der Waals surface area contributed by atoms with Gasteiger partial charge >= 0.3 is 6.09 Å². The second-order valence-electron chi connectivity index (χ2n) is 7.54. The molecule has 0 aliphatic carbocycles. The van der Waals surface area contributed by atoms with Crippen LogP contribution in [0.5, 0.6) is 0 Å². The molecule has 0 saturated heterocycles. The summed E-state index contributed by atoms with van der Waals surface area (Å²) < 4.78 is 12.5. The normalized spacial score (nSPS) is 12.6. The SMILES string of the molecule is C#C/C(=C\C=C(/C)OC)c1ccc2nc(CNC(=O)OC(C)(C)C)n(CC)c2c1. The van der Waals surface area contributed by atoms with E-state index in [0.29, 0.717) is 6.54 Å². The Balaban J connectivity index is 2.33. The monoisotopic (exact) mass is 395 g/mol. The number of alkyl carbamates (subject to hydrolysis) is 1. The van der Waals surface area contributed by atoms with Gasteiger partial charge in [0.1, 0.15) is 11.4 Å². The molecule has 0 radical (unpaired) electrons. The van der Waals surface area contributed by atoms with Crippen LogP contribution in [0.4, 0.5) is 4.79 Å². The number of imidazole rings is 1. The minimum atomic E-state index is -0.544. The first-order valence-corrected chi connectivity index (χ1v) is 9.54. The van der Waals surface area contributed by atoms with Crippen LogP contribution in [0.3, 0.4) is 0 Å². The Morgan fingerprint density at radius 1 is 1.34 bits per heavy atom. The lowest BCUT2D eigenvalue weighted by molar-refractivity contribution is 0.0521. The third-order valence-corrected chi connectivity index (χ3v) is 4.21. The number of ether oxygens (including phenoxy) is 2. The first kappa shape index (κ1) is 22.1. The van der Waals surface area contributed by atoms with E-state index in [9.17, 15) is 4.79 Å². The molecule has 0 atom stereocenters. The number of amides is 1. The summed E-state index contributed by atoms with van der Waals surface area (Å²) >= 11 is 0. The second-order valence-corrected chi connectivity index (χ2v) is 7.54. The van der Waals surface area contributed by atoms with Gasteiger partial charge in [0, 0.05) is 12.1 Å². The number of carbonyl (C=O) groups excluding carboxylic acids is 1. The van der Waals surface area contributed by atoms with Crippen LogP contribution < -0.4 is 5.32 Å². The molecule has 1 aromatic heterocycles. The molecular weight excluding hydrogens is 366 g/mol. The van der Waals surface area contributed by atoms with Crippen LogP contribution in [-0.4, -0.2) is 28.4 Å². The van der Waals surface area contributed by atoms with Crippen molar-refractivity contribution in [3.8, 4) is 12.3 Å². The zero-order chi connectivity index (χ0) is 21.6. The number of hydrogen-bond donors (Lipinski definition) is 1. The summed E-state index contributed by atoms with van der Waals surface area (Å²) in [6.45, 7) is 10.4. The summed E-state index contributed by atoms with van der Waals surface area (Å²) in [7, 11) is 1.62. The topological polar surface area (TPSA) is 65.4 Å². The van der Waals surface area contributed by atoms with Gasteiger partial charge in [-0.3, -0.25) is 0 Å². The number of carbonyl (C=O) groups is 1. The fourth-order valence-corrected chi connectivity index (χ4v) is 2.79. The van der Waals surface area contributed by atoms with Crippen LogP contribution >= 0.6 is 0 Å². The minimum absolute atomic E-state index is 0.278. The summed E-state index contributed by atoms with van der Waals surface area (Å²) in [4.78, 5) is 16.6. The van der Waals surface area contributed by atoms with Gasteiger partial charge in [-0.1, -0.05) is 12.0 Å². The highest BCUT2D eigenvalue weighted by Crippen LogP contribution is 2.23. The summed E-state index contributed by atoms with van der Waals surface area (Å²) in [6.07, 6.45) is 8.94. The largest absolute Gasteiger partial charge is 0.501 e. The quantitative estimate of drug-likeness (QED) is 0.439. The Bertz CT molecular complexity index is 985. The number of allylic oxidation sites excluding steroid dienone is 4. The highest BCUT2D eigenvalue weighted by atomic mass is 16.6. The minimum Gasteiger partial charge on any atom is -0.501 e. The van der Waals surface area contributed by atoms with E-state index in [1.165, 1.54) is 0 Å². The number of nitrogens with zero attached hydrogens (tertiary/aromatic N) is 2. The van der Waals surface area contributed by atoms with E-state index in [0.717, 1.165) is 33.8 Å². The van der Waals surface area contributed by atoms with Gasteiger partial charge in [0.2, 0.25) is 0 Å². The molecule has 1 heterocycles. The molecule has 0 saturated carbocycles. The Hall–Kier alpha value is -3.20. The maximum atomic E-state index is 12.0. The zero-order valence-corrected chi connectivity index (χ0v) is 18.0. The lowest BCUT2D eigenvalue weighted by atomic mass is 10.1. The highest BCUT2D eigenvalue weighted by Gasteiger charge is 2.17. The maximum Gasteiger partial charge on any atom is 0.408 e. The number of fused-ring (bicyclic) bond motifs is 1. The lowest BCUT2D eigenvalue weighted by Crippen LogP contribution is -2.32. The lowest BCUT2D eigenvalue weighted by Gasteiger charge is -2.19. The number of benzene rings is 1. The zero-order valence-electron chi connectivity index (χ0n) is 18.0. The smallest absolute Gasteiger partial charge is 0.408 e. The van der Waals surface area contributed by atoms with Crippen LogP contribution in [0.1, 0.15) is 46.0 Å². The van der Waals surface area contributed by atoms with Gasteiger partial charge in [-0.2, -0.15) is 0 Å². The molecule has 29 heavy (non-hydrogen) atoms. The van der Waals surface area contributed by atoms with Gasteiger partial charge in [-0.15, -0.1) is 6.42 Å². The number of methoxy groups -OCH3 is 1. The van der Waals surface area contributed by atoms with Gasteiger partial charge in [-0.25, -0.2) is 9.78 Å². The van der Waals surface area contributed by atoms with Crippen molar-refractivity contribution in [2.45, 2.75) is 53.3 Å². The molecule has 0 fully saturated rings. The van der Waals surface area contributed by atoms with Crippen molar-refractivity contribution in [2.75, 3.05) is 7.11 Å². The van der Waals surface area contributed by atoms with E-state index in [2.05, 4.69) is 20.8 Å². The predicted octanol–water partition coefficient (Wildman–Crippen LogP) is 4.65. The van der Waals surface area contributed by atoms with E-state index in [1.807, 2.05) is 65.0 Å². The first-order valence-electron chi connectivity index (χ1n) is 9.54. The average molecular weight is 396 g/mol. The summed E-state index contributed by atoms with van der Waals surface area (Å²) in [6, 6.07) is 5.90. The van der Waals surface area contributed by atoms with Gasteiger partial charge in [0.15, 0.2) is 0 Å². The number of nitrogens with one attached hydrogen (secondary N) is 1. The van der Waals surface area contributed by atoms with Crippen LogP contribution in [-0.2, 0) is 22.6 Å². The number of hydrogen-bond acceptors (Lipinski definition) is 4. The Morgan fingerprint density at radius 3 is 2.66 bits per heavy atom. The highest BCUT2D eigenvalue weighted by molar-refractivity contribution is 5.86. The Morgan fingerprint density at radius 2 is 2.07 bits per heavy atom. The molecule has 2 aromatic rings. The molecule has 2 rings (SSSR count). The van der Waals surface area contributed by atoms with Gasteiger partial charge in [-0.05, 0) is 64.5 Å². The molecule has 0 unspecified atom stereocenters. The van der Waals surface area contributed by atoms with Gasteiger partial charge in [0.05, 0.1) is 30.4 Å². The molecule has 6 nitrogen and oxygen atoms in total. The van der Waals surface area contributed by atoms with Gasteiger partial charge in [0.25, 0.3) is 0 Å². The maximum absolute atomic E-state index is 12.0. The summed E-state index contributed by atoms with van der Waals surface area (Å²) in [5, 5.41) is 2.77.